The average molecular weight is 595 g/mol. The van der Waals surface area contributed by atoms with Crippen molar-refractivity contribution in [3.8, 4) is 0 Å². The third kappa shape index (κ3) is 4.48. The van der Waals surface area contributed by atoms with Crippen LogP contribution in [0.1, 0.15) is 22.7 Å². The molecule has 34 heavy (non-hydrogen) atoms. The zero-order valence-electron chi connectivity index (χ0n) is 18.6. The summed E-state index contributed by atoms with van der Waals surface area (Å²) in [4.78, 5) is 21.2. The Kier molecular flexibility index (Phi) is 6.42. The van der Waals surface area contributed by atoms with Crippen molar-refractivity contribution in [2.24, 2.45) is 4.99 Å². The maximum absolute atomic E-state index is 13.6. The van der Waals surface area contributed by atoms with Gasteiger partial charge in [0.25, 0.3) is 5.56 Å². The van der Waals surface area contributed by atoms with Gasteiger partial charge in [-0.15, -0.1) is 0 Å². The Labute approximate surface area is 218 Å². The number of aromatic nitrogens is 1. The Morgan fingerprint density at radius 2 is 1.74 bits per heavy atom. The summed E-state index contributed by atoms with van der Waals surface area (Å²) < 4.78 is 4.45. The van der Waals surface area contributed by atoms with Gasteiger partial charge in [0.05, 0.1) is 22.0 Å². The van der Waals surface area contributed by atoms with E-state index in [0.29, 0.717) is 9.33 Å². The number of anilines is 1. The minimum atomic E-state index is -0.232. The molecule has 1 aliphatic rings. The summed E-state index contributed by atoms with van der Waals surface area (Å²) >= 11 is 8.58. The van der Waals surface area contributed by atoms with E-state index in [1.165, 1.54) is 11.3 Å². The zero-order chi connectivity index (χ0) is 23.8. The molecule has 0 aliphatic carbocycles. The zero-order valence-corrected chi connectivity index (χ0v) is 22.6. The van der Waals surface area contributed by atoms with E-state index in [1.807, 2.05) is 97.9 Å². The van der Waals surface area contributed by atoms with Gasteiger partial charge in [-0.1, -0.05) is 75.8 Å². The molecule has 4 aromatic rings. The fourth-order valence-electron chi connectivity index (χ4n) is 3.98. The fraction of sp³-hybridized carbons (Fsp3) is 0.111. The van der Waals surface area contributed by atoms with Gasteiger partial charge in [-0.05, 0) is 69.0 Å². The highest BCUT2D eigenvalue weighted by Crippen LogP contribution is 2.28. The molecule has 0 bridgehead atoms. The molecule has 0 radical (unpaired) electrons. The van der Waals surface area contributed by atoms with Gasteiger partial charge in [-0.2, -0.15) is 0 Å². The lowest BCUT2D eigenvalue weighted by Crippen LogP contribution is -2.36. The second-order valence-electron chi connectivity index (χ2n) is 8.20. The smallest absolute Gasteiger partial charge is 0.271 e. The fourth-order valence-corrected chi connectivity index (χ4v) is 6.01. The summed E-state index contributed by atoms with van der Waals surface area (Å²) in [6.07, 6.45) is 4.02. The Morgan fingerprint density at radius 3 is 2.41 bits per heavy atom. The quantitative estimate of drug-likeness (QED) is 0.309. The van der Waals surface area contributed by atoms with Crippen molar-refractivity contribution in [2.75, 3.05) is 19.0 Å². The van der Waals surface area contributed by atoms with E-state index in [9.17, 15) is 4.79 Å². The van der Waals surface area contributed by atoms with Gasteiger partial charge in [-0.3, -0.25) is 9.36 Å². The summed E-state index contributed by atoms with van der Waals surface area (Å²) in [5.74, 6) is 0. The first-order valence-electron chi connectivity index (χ1n) is 10.7. The van der Waals surface area contributed by atoms with Crippen LogP contribution < -0.4 is 19.8 Å². The van der Waals surface area contributed by atoms with Crippen molar-refractivity contribution in [1.82, 2.24) is 4.57 Å². The van der Waals surface area contributed by atoms with E-state index < -0.39 is 0 Å². The SMILES string of the molecule is CN(C)c1ccc(C=c2sc3n(c2=O)C(c2ccc(Br)cc2)C=C(c2ccccc2)N=3)cc1Br. The average Bonchev–Trinajstić information content (AvgIpc) is 3.14. The number of nitrogens with zero attached hydrogens (tertiary/aromatic N) is 3. The molecule has 1 aliphatic heterocycles. The lowest BCUT2D eigenvalue weighted by molar-refractivity contribution is 0.644. The maximum Gasteiger partial charge on any atom is 0.271 e. The number of fused-ring (bicyclic) bond motifs is 1. The highest BCUT2D eigenvalue weighted by molar-refractivity contribution is 9.10. The van der Waals surface area contributed by atoms with Crippen LogP contribution in [-0.2, 0) is 0 Å². The molecule has 5 rings (SSSR count). The van der Waals surface area contributed by atoms with Crippen molar-refractivity contribution in [1.29, 1.82) is 0 Å². The molecule has 3 aromatic carbocycles. The van der Waals surface area contributed by atoms with E-state index in [4.69, 9.17) is 4.99 Å². The van der Waals surface area contributed by atoms with Crippen molar-refractivity contribution >= 4 is 60.7 Å². The largest absolute Gasteiger partial charge is 0.377 e. The summed E-state index contributed by atoms with van der Waals surface area (Å²) in [6, 6.07) is 24.1. The maximum atomic E-state index is 13.6. The predicted molar refractivity (Wildman–Crippen MR) is 148 cm³/mol. The standard InChI is InChI=1S/C27H21Br2N3OS/c1-31(2)23-13-8-17(14-21(23)29)15-25-26(33)32-24(19-9-11-20(28)12-10-19)16-22(30-27(32)34-25)18-6-4-3-5-7-18/h3-16,24H,1-2H3. The molecule has 0 spiro atoms. The van der Waals surface area contributed by atoms with Crippen LogP contribution >= 0.6 is 43.2 Å². The lowest BCUT2D eigenvalue weighted by Gasteiger charge is -2.19. The molecule has 0 amide bonds. The molecule has 2 heterocycles. The van der Waals surface area contributed by atoms with Gasteiger partial charge in [0.1, 0.15) is 0 Å². The second kappa shape index (κ2) is 9.49. The Balaban J connectivity index is 1.69. The topological polar surface area (TPSA) is 37.6 Å². The van der Waals surface area contributed by atoms with Gasteiger partial charge < -0.3 is 4.90 Å². The number of hydrogen-bond donors (Lipinski definition) is 0. The predicted octanol–water partition coefficient (Wildman–Crippen LogP) is 5.59. The third-order valence-corrected chi connectivity index (χ3v) is 7.83. The van der Waals surface area contributed by atoms with Crippen LogP contribution in [0.25, 0.3) is 11.8 Å². The molecular weight excluding hydrogens is 574 g/mol. The molecule has 0 fully saturated rings. The van der Waals surface area contributed by atoms with Gasteiger partial charge in [0.2, 0.25) is 0 Å². The second-order valence-corrected chi connectivity index (χ2v) is 11.0. The first kappa shape index (κ1) is 23.0. The lowest BCUT2D eigenvalue weighted by atomic mass is 10.0. The van der Waals surface area contributed by atoms with Gasteiger partial charge in [0.15, 0.2) is 4.80 Å². The number of hydrogen-bond acceptors (Lipinski definition) is 4. The van der Waals surface area contributed by atoms with Crippen LogP contribution in [0, 0.1) is 0 Å². The number of rotatable bonds is 4. The van der Waals surface area contributed by atoms with E-state index in [-0.39, 0.29) is 11.6 Å². The van der Waals surface area contributed by atoms with Crippen molar-refractivity contribution in [2.45, 2.75) is 6.04 Å². The van der Waals surface area contributed by atoms with E-state index in [0.717, 1.165) is 37.0 Å². The summed E-state index contributed by atoms with van der Waals surface area (Å²) in [5.41, 5.74) is 4.96. The molecular formula is C27H21Br2N3OS. The van der Waals surface area contributed by atoms with Gasteiger partial charge in [-0.25, -0.2) is 4.99 Å². The summed E-state index contributed by atoms with van der Waals surface area (Å²) in [6.45, 7) is 0. The van der Waals surface area contributed by atoms with Crippen LogP contribution in [0.15, 0.2) is 97.6 Å². The van der Waals surface area contributed by atoms with Crippen LogP contribution in [-0.4, -0.2) is 18.7 Å². The van der Waals surface area contributed by atoms with E-state index in [1.54, 1.807) is 4.57 Å². The van der Waals surface area contributed by atoms with E-state index >= 15 is 0 Å². The summed E-state index contributed by atoms with van der Waals surface area (Å²) in [5, 5.41) is 0. The van der Waals surface area contributed by atoms with Crippen LogP contribution in [0.4, 0.5) is 5.69 Å². The van der Waals surface area contributed by atoms with Gasteiger partial charge >= 0.3 is 0 Å². The van der Waals surface area contributed by atoms with Crippen LogP contribution in [0.5, 0.6) is 0 Å². The Bertz CT molecular complexity index is 1570. The molecule has 0 saturated carbocycles. The molecule has 1 aromatic heterocycles. The number of halogens is 2. The molecule has 7 heteroatoms. The number of allylic oxidation sites excluding steroid dienone is 1. The summed E-state index contributed by atoms with van der Waals surface area (Å²) in [7, 11) is 4.01. The normalized spacial score (nSPS) is 15.5. The molecule has 0 saturated heterocycles. The molecule has 1 unspecified atom stereocenters. The van der Waals surface area contributed by atoms with Crippen molar-refractivity contribution < 1.29 is 0 Å². The molecule has 1 atom stereocenters. The number of thiazole rings is 1. The Morgan fingerprint density at radius 1 is 1.00 bits per heavy atom. The van der Waals surface area contributed by atoms with Crippen LogP contribution in [0.2, 0.25) is 0 Å². The minimum absolute atomic E-state index is 0.0344. The van der Waals surface area contributed by atoms with Crippen LogP contribution in [0.3, 0.4) is 0 Å². The highest BCUT2D eigenvalue weighted by atomic mass is 79.9. The Hall–Kier alpha value is -2.74. The number of benzene rings is 3. The molecule has 0 N–H and O–H groups in total. The van der Waals surface area contributed by atoms with Gasteiger partial charge in [0, 0.05) is 23.0 Å². The first-order valence-corrected chi connectivity index (χ1v) is 13.1. The third-order valence-electron chi connectivity index (χ3n) is 5.68. The highest BCUT2D eigenvalue weighted by Gasteiger charge is 2.22. The first-order chi connectivity index (χ1) is 16.4. The molecule has 4 nitrogen and oxygen atoms in total. The van der Waals surface area contributed by atoms with E-state index in [2.05, 4.69) is 37.9 Å². The minimum Gasteiger partial charge on any atom is -0.377 e. The van der Waals surface area contributed by atoms with Crippen molar-refractivity contribution in [3.05, 3.63) is 124 Å². The monoisotopic (exact) mass is 593 g/mol. The van der Waals surface area contributed by atoms with Crippen molar-refractivity contribution in [3.63, 3.8) is 0 Å². The molecule has 170 valence electrons.